The van der Waals surface area contributed by atoms with Crippen LogP contribution >= 0.6 is 0 Å². The van der Waals surface area contributed by atoms with E-state index in [0.717, 1.165) is 0 Å². The molecule has 0 aliphatic heterocycles. The first-order valence-corrected chi connectivity index (χ1v) is 9.60. The quantitative estimate of drug-likeness (QED) is 0.732. The minimum atomic E-state index is -3.69. The SMILES string of the molecule is CNC(=O)NC(C)(C)CN(CC(C)C)S(=O)(=O)c1ccc(OC)cc1. The highest BCUT2D eigenvalue weighted by molar-refractivity contribution is 7.89. The number of hydrogen-bond acceptors (Lipinski definition) is 4. The van der Waals surface area contributed by atoms with Gasteiger partial charge in [-0.3, -0.25) is 0 Å². The highest BCUT2D eigenvalue weighted by Crippen LogP contribution is 2.22. The van der Waals surface area contributed by atoms with Crippen molar-refractivity contribution in [2.45, 2.75) is 38.1 Å². The molecule has 25 heavy (non-hydrogen) atoms. The molecule has 0 bridgehead atoms. The lowest BCUT2D eigenvalue weighted by Gasteiger charge is -2.33. The van der Waals surface area contributed by atoms with Gasteiger partial charge in [0.05, 0.1) is 12.0 Å². The third kappa shape index (κ3) is 6.21. The van der Waals surface area contributed by atoms with Crippen LogP contribution in [-0.4, -0.2) is 51.5 Å². The molecule has 0 aromatic heterocycles. The molecule has 0 aliphatic rings. The third-order valence-corrected chi connectivity index (χ3v) is 5.34. The fraction of sp³-hybridized carbons (Fsp3) is 0.588. The Morgan fingerprint density at radius 1 is 1.24 bits per heavy atom. The fourth-order valence-corrected chi connectivity index (χ4v) is 4.17. The Morgan fingerprint density at radius 3 is 2.24 bits per heavy atom. The van der Waals surface area contributed by atoms with E-state index in [-0.39, 0.29) is 23.4 Å². The average Bonchev–Trinajstić information content (AvgIpc) is 2.53. The maximum atomic E-state index is 13.1. The molecule has 1 rings (SSSR count). The lowest BCUT2D eigenvalue weighted by Crippen LogP contribution is -2.55. The largest absolute Gasteiger partial charge is 0.497 e. The summed E-state index contributed by atoms with van der Waals surface area (Å²) in [7, 11) is -0.642. The first-order chi connectivity index (χ1) is 11.5. The van der Waals surface area contributed by atoms with Crippen molar-refractivity contribution in [2.75, 3.05) is 27.2 Å². The van der Waals surface area contributed by atoms with Gasteiger partial charge in [0.1, 0.15) is 5.75 Å². The summed E-state index contributed by atoms with van der Waals surface area (Å²) < 4.78 is 32.6. The van der Waals surface area contributed by atoms with Gasteiger partial charge in [-0.25, -0.2) is 13.2 Å². The molecule has 0 heterocycles. The monoisotopic (exact) mass is 371 g/mol. The predicted octanol–water partition coefficient (Wildman–Crippen LogP) is 2.05. The van der Waals surface area contributed by atoms with Gasteiger partial charge in [-0.1, -0.05) is 13.8 Å². The molecule has 2 N–H and O–H groups in total. The summed E-state index contributed by atoms with van der Waals surface area (Å²) in [6.07, 6.45) is 0. The van der Waals surface area contributed by atoms with E-state index in [1.54, 1.807) is 26.0 Å². The standard InChI is InChI=1S/C17H29N3O4S/c1-13(2)11-20(12-17(3,4)19-16(21)18-5)25(22,23)15-9-7-14(24-6)8-10-15/h7-10,13H,11-12H2,1-6H3,(H2,18,19,21). The molecule has 0 saturated carbocycles. The Balaban J connectivity index is 3.12. The number of ether oxygens (including phenoxy) is 1. The molecule has 2 amide bonds. The van der Waals surface area contributed by atoms with Crippen molar-refractivity contribution in [2.24, 2.45) is 5.92 Å². The molecule has 142 valence electrons. The number of benzene rings is 1. The Kier molecular flexibility index (Phi) is 7.25. The average molecular weight is 372 g/mol. The van der Waals surface area contributed by atoms with E-state index in [0.29, 0.717) is 12.3 Å². The number of rotatable bonds is 8. The van der Waals surface area contributed by atoms with E-state index < -0.39 is 15.6 Å². The molecule has 0 unspecified atom stereocenters. The van der Waals surface area contributed by atoms with Gasteiger partial charge in [-0.2, -0.15) is 4.31 Å². The fourth-order valence-electron chi connectivity index (χ4n) is 2.40. The topological polar surface area (TPSA) is 87.7 Å². The molecule has 0 fully saturated rings. The van der Waals surface area contributed by atoms with Crippen molar-refractivity contribution < 1.29 is 17.9 Å². The number of carbonyl (C=O) groups excluding carboxylic acids is 1. The predicted molar refractivity (Wildman–Crippen MR) is 98.3 cm³/mol. The highest BCUT2D eigenvalue weighted by atomic mass is 32.2. The van der Waals surface area contributed by atoms with E-state index in [1.807, 2.05) is 13.8 Å². The Morgan fingerprint density at radius 2 is 1.80 bits per heavy atom. The van der Waals surface area contributed by atoms with Crippen LogP contribution in [0.25, 0.3) is 0 Å². The van der Waals surface area contributed by atoms with E-state index in [2.05, 4.69) is 10.6 Å². The first-order valence-electron chi connectivity index (χ1n) is 8.16. The van der Waals surface area contributed by atoms with Crippen LogP contribution in [0, 0.1) is 5.92 Å². The van der Waals surface area contributed by atoms with Crippen LogP contribution < -0.4 is 15.4 Å². The van der Waals surface area contributed by atoms with Crippen molar-refractivity contribution in [1.29, 1.82) is 0 Å². The van der Waals surface area contributed by atoms with Crippen molar-refractivity contribution >= 4 is 16.1 Å². The Hall–Kier alpha value is -1.80. The third-order valence-electron chi connectivity index (χ3n) is 3.52. The molecular weight excluding hydrogens is 342 g/mol. The van der Waals surface area contributed by atoms with Crippen molar-refractivity contribution in [1.82, 2.24) is 14.9 Å². The zero-order valence-corrected chi connectivity index (χ0v) is 16.6. The number of urea groups is 1. The minimum Gasteiger partial charge on any atom is -0.497 e. The molecule has 0 atom stereocenters. The van der Waals surface area contributed by atoms with Crippen LogP contribution in [0.5, 0.6) is 5.75 Å². The molecule has 0 radical (unpaired) electrons. The summed E-state index contributed by atoms with van der Waals surface area (Å²) in [5.74, 6) is 0.736. The smallest absolute Gasteiger partial charge is 0.314 e. The molecule has 0 aliphatic carbocycles. The van der Waals surface area contributed by atoms with E-state index >= 15 is 0 Å². The van der Waals surface area contributed by atoms with Gasteiger partial charge in [-0.15, -0.1) is 0 Å². The molecule has 0 spiro atoms. The summed E-state index contributed by atoms with van der Waals surface area (Å²) >= 11 is 0. The second kappa shape index (κ2) is 8.53. The Bertz CT molecular complexity index is 670. The summed E-state index contributed by atoms with van der Waals surface area (Å²) in [5, 5.41) is 5.26. The molecule has 1 aromatic rings. The molecule has 1 aromatic carbocycles. The number of amides is 2. The second-order valence-corrected chi connectivity index (χ2v) is 8.89. The van der Waals surface area contributed by atoms with Crippen molar-refractivity contribution in [3.63, 3.8) is 0 Å². The van der Waals surface area contributed by atoms with Crippen LogP contribution in [0.4, 0.5) is 4.79 Å². The van der Waals surface area contributed by atoms with Crippen LogP contribution in [0.3, 0.4) is 0 Å². The van der Waals surface area contributed by atoms with Gasteiger partial charge in [0, 0.05) is 25.7 Å². The van der Waals surface area contributed by atoms with Gasteiger partial charge < -0.3 is 15.4 Å². The molecule has 7 nitrogen and oxygen atoms in total. The minimum absolute atomic E-state index is 0.142. The zero-order chi connectivity index (χ0) is 19.3. The molecule has 8 heteroatoms. The van der Waals surface area contributed by atoms with Gasteiger partial charge in [0.25, 0.3) is 0 Å². The van der Waals surface area contributed by atoms with Crippen LogP contribution in [0.15, 0.2) is 29.2 Å². The maximum absolute atomic E-state index is 13.1. The lowest BCUT2D eigenvalue weighted by molar-refractivity contribution is 0.221. The first kappa shape index (κ1) is 21.2. The van der Waals surface area contributed by atoms with Gasteiger partial charge >= 0.3 is 6.03 Å². The summed E-state index contributed by atoms with van der Waals surface area (Å²) in [4.78, 5) is 11.8. The molecular formula is C17H29N3O4S. The summed E-state index contributed by atoms with van der Waals surface area (Å²) in [6.45, 7) is 8.00. The number of methoxy groups -OCH3 is 1. The lowest BCUT2D eigenvalue weighted by atomic mass is 10.1. The van der Waals surface area contributed by atoms with Gasteiger partial charge in [0.2, 0.25) is 10.0 Å². The number of sulfonamides is 1. The number of carbonyl (C=O) groups is 1. The van der Waals surface area contributed by atoms with E-state index in [1.165, 1.54) is 30.6 Å². The van der Waals surface area contributed by atoms with Gasteiger partial charge in [0.15, 0.2) is 0 Å². The number of hydrogen-bond donors (Lipinski definition) is 2. The Labute approximate surface area is 150 Å². The van der Waals surface area contributed by atoms with Crippen molar-refractivity contribution in [3.8, 4) is 5.75 Å². The second-order valence-electron chi connectivity index (χ2n) is 6.95. The summed E-state index contributed by atoms with van der Waals surface area (Å²) in [5.41, 5.74) is -0.728. The summed E-state index contributed by atoms with van der Waals surface area (Å²) in [6, 6.07) is 5.95. The van der Waals surface area contributed by atoms with E-state index in [4.69, 9.17) is 4.74 Å². The normalized spacial score (nSPS) is 12.3. The maximum Gasteiger partial charge on any atom is 0.314 e. The van der Waals surface area contributed by atoms with E-state index in [9.17, 15) is 13.2 Å². The van der Waals surface area contributed by atoms with Crippen LogP contribution in [-0.2, 0) is 10.0 Å². The van der Waals surface area contributed by atoms with Crippen LogP contribution in [0.1, 0.15) is 27.7 Å². The van der Waals surface area contributed by atoms with Crippen molar-refractivity contribution in [3.05, 3.63) is 24.3 Å². The van der Waals surface area contributed by atoms with Gasteiger partial charge in [-0.05, 0) is 44.0 Å². The number of nitrogens with one attached hydrogen (secondary N) is 2. The number of nitrogens with zero attached hydrogens (tertiary/aromatic N) is 1. The highest BCUT2D eigenvalue weighted by Gasteiger charge is 2.32. The molecule has 0 saturated heterocycles. The zero-order valence-electron chi connectivity index (χ0n) is 15.8. The van der Waals surface area contributed by atoms with Crippen LogP contribution in [0.2, 0.25) is 0 Å².